The number of Topliss-reactive ketones (excluding diaryl/α,β-unsaturated/α-hetero) is 1. The molecule has 29 nitrogen and oxygen atoms in total. The molecule has 0 aromatic heterocycles. The predicted molar refractivity (Wildman–Crippen MR) is 298 cm³/mol. The maximum atomic E-state index is 14.3. The number of ether oxygens (including phenoxy) is 12. The van der Waals surface area contributed by atoms with Crippen LogP contribution in [-0.2, 0) is 81.0 Å². The van der Waals surface area contributed by atoms with Crippen molar-refractivity contribution in [2.75, 3.05) is 40.1 Å². The number of esters is 1. The molecule has 89 heavy (non-hydrogen) atoms. The quantitative estimate of drug-likeness (QED) is 0.0347. The third-order valence-corrected chi connectivity index (χ3v) is 22.0. The van der Waals surface area contributed by atoms with Crippen LogP contribution in [0.25, 0.3) is 0 Å². The third kappa shape index (κ3) is 12.8. The molecule has 508 valence electrons. The molecule has 9 fully saturated rings. The Labute approximate surface area is 516 Å². The van der Waals surface area contributed by atoms with Crippen molar-refractivity contribution in [1.82, 2.24) is 0 Å². The van der Waals surface area contributed by atoms with E-state index in [0.29, 0.717) is 38.5 Å². The summed E-state index contributed by atoms with van der Waals surface area (Å²) in [4.78, 5) is 28.5. The molecule has 0 aromatic carbocycles. The lowest BCUT2D eigenvalue weighted by Crippen LogP contribution is -2.67. The van der Waals surface area contributed by atoms with Crippen LogP contribution in [0, 0.1) is 39.9 Å². The first-order valence-corrected chi connectivity index (χ1v) is 32.3. The molecular weight excluding hydrogens is 1200 g/mol. The van der Waals surface area contributed by atoms with Gasteiger partial charge in [-0.05, 0) is 94.8 Å². The zero-order chi connectivity index (χ0) is 64.8. The number of hydrogen-bond acceptors (Lipinski definition) is 28. The van der Waals surface area contributed by atoms with E-state index >= 15 is 0 Å². The van der Waals surface area contributed by atoms with Gasteiger partial charge in [-0.2, -0.15) is 8.42 Å². The first kappa shape index (κ1) is 69.4. The third-order valence-electron chi connectivity index (χ3n) is 21.5. The summed E-state index contributed by atoms with van der Waals surface area (Å²) in [5.74, 6) is -1.17. The molecule has 31 atom stereocenters. The Hall–Kier alpha value is -2.39. The first-order chi connectivity index (χ1) is 41.8. The van der Waals surface area contributed by atoms with Crippen LogP contribution in [-0.4, -0.2) is 274 Å². The summed E-state index contributed by atoms with van der Waals surface area (Å²) in [5, 5.41) is 121. The number of carbonyl (C=O) groups is 2. The number of aliphatic hydroxyl groups is 11. The van der Waals surface area contributed by atoms with E-state index in [0.717, 1.165) is 24.0 Å². The maximum Gasteiger partial charge on any atom is 0.397 e. The van der Waals surface area contributed by atoms with Crippen molar-refractivity contribution in [3.63, 3.8) is 0 Å². The second-order valence-electron chi connectivity index (χ2n) is 27.4. The van der Waals surface area contributed by atoms with Gasteiger partial charge in [0.15, 0.2) is 25.2 Å². The van der Waals surface area contributed by atoms with Gasteiger partial charge in [0, 0.05) is 19.4 Å². The van der Waals surface area contributed by atoms with Crippen molar-refractivity contribution in [2.24, 2.45) is 39.9 Å². The number of methoxy groups -OCH3 is 1. The van der Waals surface area contributed by atoms with Crippen LogP contribution < -0.4 is 0 Å². The lowest BCUT2D eigenvalue weighted by Gasteiger charge is -2.62. The van der Waals surface area contributed by atoms with Crippen LogP contribution in [0.1, 0.15) is 99.3 Å². The lowest BCUT2D eigenvalue weighted by molar-refractivity contribution is -0.399. The highest BCUT2D eigenvalue weighted by Gasteiger charge is 2.75. The minimum Gasteiger partial charge on any atom is -0.458 e. The molecule has 11 unspecified atom stereocenters. The van der Waals surface area contributed by atoms with Crippen LogP contribution >= 0.6 is 0 Å². The zero-order valence-electron chi connectivity index (χ0n) is 51.1. The Morgan fingerprint density at radius 2 is 1.34 bits per heavy atom. The highest BCUT2D eigenvalue weighted by atomic mass is 32.3. The first-order valence-electron chi connectivity index (χ1n) is 30.9. The molecule has 0 aromatic rings. The summed E-state index contributed by atoms with van der Waals surface area (Å²) < 4.78 is 112. The summed E-state index contributed by atoms with van der Waals surface area (Å²) in [7, 11) is -4.05. The number of aliphatic hydroxyl groups excluding tert-OH is 11. The van der Waals surface area contributed by atoms with Gasteiger partial charge in [0.2, 0.25) is 0 Å². The Morgan fingerprint density at radius 1 is 0.697 bits per heavy atom. The molecule has 6 aliphatic heterocycles. The normalized spacial score (nSPS) is 49.9. The fourth-order valence-corrected chi connectivity index (χ4v) is 17.5. The van der Waals surface area contributed by atoms with Gasteiger partial charge in [-0.25, -0.2) is 4.18 Å². The van der Waals surface area contributed by atoms with Gasteiger partial charge < -0.3 is 113 Å². The molecule has 12 N–H and O–H groups in total. The van der Waals surface area contributed by atoms with Gasteiger partial charge in [-0.3, -0.25) is 14.1 Å². The fourth-order valence-electron chi connectivity index (χ4n) is 17.0. The van der Waals surface area contributed by atoms with Gasteiger partial charge in [-0.15, -0.1) is 6.58 Å². The zero-order valence-corrected chi connectivity index (χ0v) is 51.9. The van der Waals surface area contributed by atoms with Gasteiger partial charge in [0.05, 0.1) is 56.6 Å². The van der Waals surface area contributed by atoms with Crippen molar-refractivity contribution in [3.8, 4) is 0 Å². The van der Waals surface area contributed by atoms with E-state index in [9.17, 15) is 78.7 Å². The maximum absolute atomic E-state index is 14.3. The molecule has 10 rings (SSSR count). The number of fused-ring (bicyclic) bond motifs is 4. The SMILES string of the molecule is C=C(C)CCCC1(C)OC(=O)C23CCC4C(=CCC5C(C)(C)C(OC6OC[C@@H](OS(=O)(=O)O)[C@H](O)[C@H]6O[C@@H]6OC(C)[C@@H](O[C@@H]7O[C@H](CO)[C@@H](O)[C@H](OC[C@@H]8O[C@H](CO)[C@@H](O)[C@H](OC)[C@H]8O)[C@H]7O)C(O)[C@@H]6O[C@@H]6OC[C@@H](O)[C@H](O)[C@H]6O)CCC45C)C2CC(=O)C13. The van der Waals surface area contributed by atoms with Crippen LogP contribution in [0.2, 0.25) is 0 Å². The standard InChI is InChI=1S/C59H92O29S/c1-24(2)10-9-15-58(7)50-29(62)18-28-26-11-12-35-56(4,5)36(14-16-57(35,6)27(26)13-17-59(28,50)55(72)87-58)83-53-48(41(68)34(23-79-53)88-89(73,74)75)86-54-49(85-51-42(69)37(64)30(63)21-78-51)43(70)45(25(3)80-54)84-52-44(71)47(39(66)32(20-61)82-52)77-22-33-40(67)46(76-8)38(65)31(19-60)81-33/h11,25,27-28,30-54,60-61,63-71H,1,9-10,12-23H2,2-8H3,(H,73,74,75)/t25?,27?,28?,30-,31-,32-,33+,34-,35?,36?,37+,38-,39-,40+,41+,42-,43?,44-,45-,46+,47+,48-,49+,50?,51+,52+,53?,54+,57?,58?,59?/m1/s1. The largest absolute Gasteiger partial charge is 0.458 e. The molecule has 10 aliphatic rings. The predicted octanol–water partition coefficient (Wildman–Crippen LogP) is -2.27. The Kier molecular flexibility index (Phi) is 20.8. The monoisotopic (exact) mass is 1300 g/mol. The molecule has 0 radical (unpaired) electrons. The van der Waals surface area contributed by atoms with Crippen LogP contribution in [0.3, 0.4) is 0 Å². The van der Waals surface area contributed by atoms with E-state index in [1.54, 1.807) is 0 Å². The second kappa shape index (κ2) is 26.7. The summed E-state index contributed by atoms with van der Waals surface area (Å²) >= 11 is 0. The molecular formula is C59H92O29S. The molecule has 6 saturated heterocycles. The molecule has 3 saturated carbocycles. The molecule has 0 amide bonds. The summed E-state index contributed by atoms with van der Waals surface area (Å²) in [5.41, 5.74) is -0.792. The van der Waals surface area contributed by atoms with Crippen molar-refractivity contribution in [2.45, 2.75) is 252 Å². The van der Waals surface area contributed by atoms with E-state index in [2.05, 4.69) is 19.6 Å². The van der Waals surface area contributed by atoms with Crippen molar-refractivity contribution >= 4 is 22.2 Å². The van der Waals surface area contributed by atoms with Gasteiger partial charge in [-0.1, -0.05) is 38.0 Å². The topological polar surface area (TPSA) is 431 Å². The second-order valence-corrected chi connectivity index (χ2v) is 28.4. The average molecular weight is 1300 g/mol. The molecule has 1 spiro atoms. The number of ketones is 1. The Balaban J connectivity index is 0.891. The van der Waals surface area contributed by atoms with Crippen LogP contribution in [0.4, 0.5) is 0 Å². The van der Waals surface area contributed by atoms with Crippen molar-refractivity contribution in [3.05, 3.63) is 23.8 Å². The molecule has 4 aliphatic carbocycles. The Bertz CT molecular complexity index is 2670. The average Bonchev–Trinajstić information content (AvgIpc) is 1.64. The number of carbonyl (C=O) groups excluding carboxylic acids is 2. The minimum absolute atomic E-state index is 0.0100. The van der Waals surface area contributed by atoms with E-state index in [4.69, 9.17) is 61.0 Å². The lowest BCUT2D eigenvalue weighted by atomic mass is 9.43. The molecule has 30 heteroatoms. The highest BCUT2D eigenvalue weighted by Crippen LogP contribution is 2.71. The van der Waals surface area contributed by atoms with Crippen LogP contribution in [0.5, 0.6) is 0 Å². The number of allylic oxidation sites excluding steroid dienone is 3. The van der Waals surface area contributed by atoms with Crippen molar-refractivity contribution in [1.29, 1.82) is 0 Å². The van der Waals surface area contributed by atoms with E-state index in [1.165, 1.54) is 14.0 Å². The number of rotatable bonds is 20. The summed E-state index contributed by atoms with van der Waals surface area (Å²) in [6.45, 7) is 12.2. The number of hydrogen-bond donors (Lipinski definition) is 12. The van der Waals surface area contributed by atoms with Gasteiger partial charge in [0.1, 0.15) is 121 Å². The summed E-state index contributed by atoms with van der Waals surface area (Å²) in [6, 6.07) is 0. The van der Waals surface area contributed by atoms with Gasteiger partial charge in [0.25, 0.3) is 0 Å². The Morgan fingerprint density at radius 3 is 2.01 bits per heavy atom. The number of cyclic esters (lactones) is 1. The van der Waals surface area contributed by atoms with Crippen molar-refractivity contribution < 1.29 is 140 Å². The molecule has 0 bridgehead atoms. The minimum atomic E-state index is -5.26. The fraction of sp³-hybridized carbons (Fsp3) is 0.898. The highest BCUT2D eigenvalue weighted by molar-refractivity contribution is 7.80. The van der Waals surface area contributed by atoms with E-state index < -0.39 is 213 Å². The summed E-state index contributed by atoms with van der Waals surface area (Å²) in [6.07, 6.45) is -32.5. The smallest absolute Gasteiger partial charge is 0.397 e. The van der Waals surface area contributed by atoms with E-state index in [1.807, 2.05) is 27.7 Å². The molecule has 6 heterocycles. The van der Waals surface area contributed by atoms with E-state index in [-0.39, 0.29) is 41.3 Å². The van der Waals surface area contributed by atoms with Gasteiger partial charge >= 0.3 is 16.4 Å². The van der Waals surface area contributed by atoms with Crippen LogP contribution in [0.15, 0.2) is 23.8 Å².